The maximum absolute atomic E-state index is 11.3. The van der Waals surface area contributed by atoms with Gasteiger partial charge in [0.15, 0.2) is 5.69 Å². The fraction of sp³-hybridized carbons (Fsp3) is 0.375. The molecule has 1 aromatic rings. The molecule has 1 rings (SSSR count). The van der Waals surface area contributed by atoms with E-state index in [-0.39, 0.29) is 17.5 Å². The predicted octanol–water partition coefficient (Wildman–Crippen LogP) is -0.262. The number of nitrogens with one attached hydrogen (secondary N) is 2. The molecule has 6 nitrogen and oxygen atoms in total. The second kappa shape index (κ2) is 3.91. The first-order valence-corrected chi connectivity index (χ1v) is 4.08. The van der Waals surface area contributed by atoms with Crippen molar-refractivity contribution in [2.75, 3.05) is 12.4 Å². The van der Waals surface area contributed by atoms with Crippen molar-refractivity contribution >= 4 is 17.5 Å². The highest BCUT2D eigenvalue weighted by Crippen LogP contribution is 2.12. The number of rotatable bonds is 2. The van der Waals surface area contributed by atoms with Crippen molar-refractivity contribution < 1.29 is 9.59 Å². The number of hydrogen-bond acceptors (Lipinski definition) is 3. The second-order valence-corrected chi connectivity index (χ2v) is 2.83. The Morgan fingerprint density at radius 1 is 1.50 bits per heavy atom. The SMILES string of the molecule is CNC(=O)c1nn(C)cc1NC(C)=O. The van der Waals surface area contributed by atoms with Gasteiger partial charge in [-0.3, -0.25) is 14.3 Å². The maximum atomic E-state index is 11.3. The van der Waals surface area contributed by atoms with Gasteiger partial charge in [-0.05, 0) is 0 Å². The summed E-state index contributed by atoms with van der Waals surface area (Å²) in [5.74, 6) is -0.558. The van der Waals surface area contributed by atoms with Gasteiger partial charge in [0.25, 0.3) is 5.91 Å². The molecule has 2 amide bonds. The largest absolute Gasteiger partial charge is 0.354 e. The molecule has 0 bridgehead atoms. The third-order valence-electron chi connectivity index (χ3n) is 1.58. The molecular weight excluding hydrogens is 184 g/mol. The zero-order valence-corrected chi connectivity index (χ0v) is 8.29. The van der Waals surface area contributed by atoms with Crippen LogP contribution in [0.25, 0.3) is 0 Å². The Balaban J connectivity index is 3.02. The van der Waals surface area contributed by atoms with Crippen LogP contribution >= 0.6 is 0 Å². The standard InChI is InChI=1S/C8H12N4O2/c1-5(13)10-6-4-12(3)11-7(6)8(14)9-2/h4H,1-3H3,(H,9,14)(H,10,13). The van der Waals surface area contributed by atoms with Crippen LogP contribution in [0.1, 0.15) is 17.4 Å². The zero-order chi connectivity index (χ0) is 10.7. The summed E-state index contributed by atoms with van der Waals surface area (Å²) in [4.78, 5) is 22.1. The zero-order valence-electron chi connectivity index (χ0n) is 8.29. The first-order chi connectivity index (χ1) is 6.54. The minimum atomic E-state index is -0.325. The van der Waals surface area contributed by atoms with Crippen LogP contribution in [0.5, 0.6) is 0 Å². The Hall–Kier alpha value is -1.85. The summed E-state index contributed by atoms with van der Waals surface area (Å²) in [6.45, 7) is 1.38. The molecule has 0 saturated heterocycles. The third-order valence-corrected chi connectivity index (χ3v) is 1.58. The number of carbonyl (C=O) groups is 2. The van der Waals surface area contributed by atoms with Gasteiger partial charge in [0.05, 0.1) is 5.69 Å². The number of hydrogen-bond donors (Lipinski definition) is 2. The Labute approximate surface area is 81.3 Å². The van der Waals surface area contributed by atoms with Gasteiger partial charge in [0, 0.05) is 27.2 Å². The van der Waals surface area contributed by atoms with Gasteiger partial charge in [-0.2, -0.15) is 5.10 Å². The van der Waals surface area contributed by atoms with Crippen LogP contribution in [0.3, 0.4) is 0 Å². The number of amides is 2. The number of aryl methyl sites for hydroxylation is 1. The van der Waals surface area contributed by atoms with Crippen molar-refractivity contribution in [1.29, 1.82) is 0 Å². The van der Waals surface area contributed by atoms with E-state index >= 15 is 0 Å². The van der Waals surface area contributed by atoms with E-state index in [0.29, 0.717) is 5.69 Å². The maximum Gasteiger partial charge on any atom is 0.273 e. The van der Waals surface area contributed by atoms with Gasteiger partial charge in [-0.15, -0.1) is 0 Å². The van der Waals surface area contributed by atoms with Gasteiger partial charge in [0.1, 0.15) is 0 Å². The number of anilines is 1. The van der Waals surface area contributed by atoms with Crippen molar-refractivity contribution in [3.05, 3.63) is 11.9 Å². The highest BCUT2D eigenvalue weighted by Gasteiger charge is 2.15. The molecular formula is C8H12N4O2. The van der Waals surface area contributed by atoms with Crippen molar-refractivity contribution in [3.63, 3.8) is 0 Å². The van der Waals surface area contributed by atoms with Crippen molar-refractivity contribution in [3.8, 4) is 0 Å². The van der Waals surface area contributed by atoms with E-state index in [1.807, 2.05) is 0 Å². The fourth-order valence-electron chi connectivity index (χ4n) is 1.06. The van der Waals surface area contributed by atoms with Crippen LogP contribution in [0.4, 0.5) is 5.69 Å². The lowest BCUT2D eigenvalue weighted by atomic mass is 10.3. The molecule has 1 aromatic heterocycles. The minimum Gasteiger partial charge on any atom is -0.354 e. The molecule has 1 heterocycles. The van der Waals surface area contributed by atoms with E-state index in [1.54, 1.807) is 13.2 Å². The average Bonchev–Trinajstić information content (AvgIpc) is 2.44. The van der Waals surface area contributed by atoms with Crippen molar-refractivity contribution in [2.24, 2.45) is 7.05 Å². The number of aromatic nitrogens is 2. The van der Waals surface area contributed by atoms with Gasteiger partial charge in [0.2, 0.25) is 5.91 Å². The van der Waals surface area contributed by atoms with Crippen LogP contribution < -0.4 is 10.6 Å². The van der Waals surface area contributed by atoms with E-state index in [1.165, 1.54) is 18.7 Å². The Kier molecular flexibility index (Phi) is 2.85. The summed E-state index contributed by atoms with van der Waals surface area (Å²) in [6, 6.07) is 0. The number of carbonyl (C=O) groups excluding carboxylic acids is 2. The van der Waals surface area contributed by atoms with Crippen LogP contribution in [0, 0.1) is 0 Å². The summed E-state index contributed by atoms with van der Waals surface area (Å²) in [5.41, 5.74) is 0.629. The lowest BCUT2D eigenvalue weighted by molar-refractivity contribution is -0.114. The Bertz CT molecular complexity index is 369. The molecule has 0 aliphatic rings. The van der Waals surface area contributed by atoms with E-state index in [2.05, 4.69) is 15.7 Å². The molecule has 2 N–H and O–H groups in total. The average molecular weight is 196 g/mol. The fourth-order valence-corrected chi connectivity index (χ4v) is 1.06. The predicted molar refractivity (Wildman–Crippen MR) is 50.9 cm³/mol. The van der Waals surface area contributed by atoms with Gasteiger partial charge in [-0.1, -0.05) is 0 Å². The first-order valence-electron chi connectivity index (χ1n) is 4.08. The van der Waals surface area contributed by atoms with E-state index in [4.69, 9.17) is 0 Å². The smallest absolute Gasteiger partial charge is 0.273 e. The molecule has 0 aliphatic heterocycles. The lowest BCUT2D eigenvalue weighted by Gasteiger charge is -2.00. The van der Waals surface area contributed by atoms with E-state index < -0.39 is 0 Å². The molecule has 0 atom stereocenters. The third kappa shape index (κ3) is 2.09. The molecule has 0 spiro atoms. The van der Waals surface area contributed by atoms with Crippen LogP contribution in [-0.4, -0.2) is 28.6 Å². The van der Waals surface area contributed by atoms with E-state index in [9.17, 15) is 9.59 Å². The second-order valence-electron chi connectivity index (χ2n) is 2.83. The Morgan fingerprint density at radius 2 is 2.14 bits per heavy atom. The normalized spacial score (nSPS) is 9.64. The molecule has 0 radical (unpaired) electrons. The van der Waals surface area contributed by atoms with Gasteiger partial charge < -0.3 is 10.6 Å². The highest BCUT2D eigenvalue weighted by atomic mass is 16.2. The monoisotopic (exact) mass is 196 g/mol. The van der Waals surface area contributed by atoms with Gasteiger partial charge in [-0.25, -0.2) is 0 Å². The van der Waals surface area contributed by atoms with E-state index in [0.717, 1.165) is 0 Å². The summed E-state index contributed by atoms with van der Waals surface area (Å²) in [6.07, 6.45) is 1.58. The van der Waals surface area contributed by atoms with Crippen LogP contribution in [0.2, 0.25) is 0 Å². The van der Waals surface area contributed by atoms with Gasteiger partial charge >= 0.3 is 0 Å². The molecule has 0 aliphatic carbocycles. The quantitative estimate of drug-likeness (QED) is 0.684. The molecule has 6 heteroatoms. The molecule has 0 saturated carbocycles. The summed E-state index contributed by atoms with van der Waals surface area (Å²) in [5, 5.41) is 8.89. The topological polar surface area (TPSA) is 76.0 Å². The molecule has 0 unspecified atom stereocenters. The molecule has 0 fully saturated rings. The van der Waals surface area contributed by atoms with Crippen molar-refractivity contribution in [2.45, 2.75) is 6.92 Å². The van der Waals surface area contributed by atoms with Crippen LogP contribution in [0.15, 0.2) is 6.20 Å². The Morgan fingerprint density at radius 3 is 2.64 bits per heavy atom. The number of nitrogens with zero attached hydrogens (tertiary/aromatic N) is 2. The van der Waals surface area contributed by atoms with Crippen LogP contribution in [-0.2, 0) is 11.8 Å². The summed E-state index contributed by atoms with van der Waals surface area (Å²) >= 11 is 0. The highest BCUT2D eigenvalue weighted by molar-refractivity contribution is 6.01. The molecule has 14 heavy (non-hydrogen) atoms. The summed E-state index contributed by atoms with van der Waals surface area (Å²) < 4.78 is 1.47. The molecule has 76 valence electrons. The minimum absolute atomic E-state index is 0.213. The van der Waals surface area contributed by atoms with Crippen molar-refractivity contribution in [1.82, 2.24) is 15.1 Å². The first kappa shape index (κ1) is 10.2. The molecule has 0 aromatic carbocycles. The summed E-state index contributed by atoms with van der Waals surface area (Å²) in [7, 11) is 3.19. The lowest BCUT2D eigenvalue weighted by Crippen LogP contribution is -2.20.